The maximum Gasteiger partial charge on any atom is 0.202 e. The summed E-state index contributed by atoms with van der Waals surface area (Å²) >= 11 is 0. The van der Waals surface area contributed by atoms with Crippen LogP contribution in [0.1, 0.15) is 6.42 Å². The van der Waals surface area contributed by atoms with Crippen LogP contribution in [-0.4, -0.2) is 50.5 Å². The molecule has 0 radical (unpaired) electrons. The van der Waals surface area contributed by atoms with Gasteiger partial charge >= 0.3 is 0 Å². The first-order valence-electron chi connectivity index (χ1n) is 6.51. The lowest BCUT2D eigenvalue weighted by Crippen LogP contribution is -2.52. The van der Waals surface area contributed by atoms with Gasteiger partial charge in [0.25, 0.3) is 0 Å². The molecule has 1 saturated heterocycles. The minimum absolute atomic E-state index is 0.331. The van der Waals surface area contributed by atoms with Crippen LogP contribution in [0.3, 0.4) is 0 Å². The molecule has 1 unspecified atom stereocenters. The number of methoxy groups -OCH3 is 2. The summed E-state index contributed by atoms with van der Waals surface area (Å²) in [6.07, 6.45) is -1.65. The van der Waals surface area contributed by atoms with Crippen molar-refractivity contribution in [3.8, 4) is 5.75 Å². The maximum atomic E-state index is 10.1. The number of nitrogen functional groups attached to an aromatic ring is 1. The van der Waals surface area contributed by atoms with E-state index in [1.807, 2.05) is 0 Å². The zero-order valence-electron chi connectivity index (χ0n) is 11.7. The summed E-state index contributed by atoms with van der Waals surface area (Å²) in [5, 5.41) is 10.1. The highest BCUT2D eigenvalue weighted by molar-refractivity contribution is 5.41. The molecule has 0 aromatic heterocycles. The van der Waals surface area contributed by atoms with Crippen LogP contribution >= 0.6 is 0 Å². The Labute approximate surface area is 118 Å². The minimum Gasteiger partial charge on any atom is -0.465 e. The Morgan fingerprint density at radius 1 is 1.30 bits per heavy atom. The molecule has 20 heavy (non-hydrogen) atoms. The molecule has 1 aromatic carbocycles. The summed E-state index contributed by atoms with van der Waals surface area (Å²) in [5.41, 5.74) is 6.29. The molecular weight excluding hydrogens is 262 g/mol. The third-order valence-corrected chi connectivity index (χ3v) is 3.26. The normalized spacial score (nSPS) is 30.1. The van der Waals surface area contributed by atoms with Crippen LogP contribution in [0, 0.1) is 0 Å². The van der Waals surface area contributed by atoms with Gasteiger partial charge in [-0.25, -0.2) is 0 Å². The summed E-state index contributed by atoms with van der Waals surface area (Å²) in [6.45, 7) is 0.331. The maximum absolute atomic E-state index is 10.1. The van der Waals surface area contributed by atoms with Crippen LogP contribution in [-0.2, 0) is 14.2 Å². The molecule has 112 valence electrons. The topological polar surface area (TPSA) is 83.2 Å². The summed E-state index contributed by atoms with van der Waals surface area (Å²) in [7, 11) is 3.12. The number of benzene rings is 1. The van der Waals surface area contributed by atoms with E-state index >= 15 is 0 Å². The molecule has 3 N–H and O–H groups in total. The van der Waals surface area contributed by atoms with Gasteiger partial charge < -0.3 is 29.8 Å². The average molecular weight is 283 g/mol. The predicted octanol–water partition coefficient (Wildman–Crippen LogP) is 0.785. The molecular formula is C14H21NO5. The fraction of sp³-hybridized carbons (Fsp3) is 0.571. The van der Waals surface area contributed by atoms with E-state index in [0.717, 1.165) is 0 Å². The first-order valence-corrected chi connectivity index (χ1v) is 6.51. The van der Waals surface area contributed by atoms with Gasteiger partial charge in [0.15, 0.2) is 0 Å². The molecule has 6 heteroatoms. The van der Waals surface area contributed by atoms with Gasteiger partial charge in [0.05, 0.1) is 12.7 Å². The summed E-state index contributed by atoms with van der Waals surface area (Å²) < 4.78 is 21.8. The van der Waals surface area contributed by atoms with Gasteiger partial charge in [-0.05, 0) is 24.3 Å². The van der Waals surface area contributed by atoms with Crippen molar-refractivity contribution >= 4 is 5.69 Å². The number of ether oxygens (including phenoxy) is 4. The van der Waals surface area contributed by atoms with Crippen molar-refractivity contribution in [2.75, 3.05) is 26.6 Å². The number of hydrogen-bond acceptors (Lipinski definition) is 6. The Bertz CT molecular complexity index is 411. The first-order chi connectivity index (χ1) is 9.63. The van der Waals surface area contributed by atoms with Gasteiger partial charge in [-0.15, -0.1) is 0 Å². The zero-order chi connectivity index (χ0) is 14.5. The Hall–Kier alpha value is -1.34. The highest BCUT2D eigenvalue weighted by Crippen LogP contribution is 2.25. The number of anilines is 1. The van der Waals surface area contributed by atoms with E-state index < -0.39 is 18.5 Å². The molecule has 0 aliphatic carbocycles. The van der Waals surface area contributed by atoms with Crippen molar-refractivity contribution in [2.24, 2.45) is 0 Å². The van der Waals surface area contributed by atoms with Crippen LogP contribution in [0.25, 0.3) is 0 Å². The Kier molecular flexibility index (Phi) is 5.19. The predicted molar refractivity (Wildman–Crippen MR) is 73.4 cm³/mol. The minimum atomic E-state index is -0.660. The van der Waals surface area contributed by atoms with Crippen LogP contribution in [0.2, 0.25) is 0 Å². The molecule has 1 aliphatic rings. The van der Waals surface area contributed by atoms with Crippen molar-refractivity contribution in [2.45, 2.75) is 31.0 Å². The lowest BCUT2D eigenvalue weighted by atomic mass is 10.0. The number of nitrogens with two attached hydrogens (primary N) is 1. The molecule has 1 fully saturated rings. The van der Waals surface area contributed by atoms with Crippen molar-refractivity contribution in [1.29, 1.82) is 0 Å². The lowest BCUT2D eigenvalue weighted by molar-refractivity contribution is -0.237. The Morgan fingerprint density at radius 3 is 2.60 bits per heavy atom. The van der Waals surface area contributed by atoms with Crippen molar-refractivity contribution < 1.29 is 24.1 Å². The van der Waals surface area contributed by atoms with Crippen LogP contribution in [0.4, 0.5) is 5.69 Å². The van der Waals surface area contributed by atoms with Gasteiger partial charge in [-0.2, -0.15) is 0 Å². The Balaban J connectivity index is 2.00. The lowest BCUT2D eigenvalue weighted by Gasteiger charge is -2.38. The van der Waals surface area contributed by atoms with E-state index in [2.05, 4.69) is 0 Å². The van der Waals surface area contributed by atoms with E-state index in [1.165, 1.54) is 0 Å². The van der Waals surface area contributed by atoms with E-state index in [0.29, 0.717) is 24.5 Å². The smallest absolute Gasteiger partial charge is 0.202 e. The van der Waals surface area contributed by atoms with Gasteiger partial charge in [-0.3, -0.25) is 0 Å². The quantitative estimate of drug-likeness (QED) is 0.777. The summed E-state index contributed by atoms with van der Waals surface area (Å²) in [4.78, 5) is 0. The molecule has 0 saturated carbocycles. The highest BCUT2D eigenvalue weighted by atomic mass is 16.7. The van der Waals surface area contributed by atoms with Crippen LogP contribution in [0.15, 0.2) is 24.3 Å². The van der Waals surface area contributed by atoms with Gasteiger partial charge in [0.1, 0.15) is 18.0 Å². The van der Waals surface area contributed by atoms with E-state index in [4.69, 9.17) is 24.7 Å². The molecule has 4 atom stereocenters. The number of hydrogen-bond donors (Lipinski definition) is 2. The fourth-order valence-corrected chi connectivity index (χ4v) is 2.29. The number of aliphatic hydroxyl groups is 1. The second-order valence-corrected chi connectivity index (χ2v) is 4.75. The monoisotopic (exact) mass is 283 g/mol. The standard InChI is InChI=1S/C14H21NO5/c1-17-8-12-14(18-2)11(16)7-13(20-12)19-10-5-3-9(15)4-6-10/h3-6,11-14,16H,7-8,15H2,1-2H3/t11-,12-,13?,14-/m1/s1. The third-order valence-electron chi connectivity index (χ3n) is 3.26. The molecule has 0 amide bonds. The van der Waals surface area contributed by atoms with E-state index in [1.54, 1.807) is 38.5 Å². The largest absolute Gasteiger partial charge is 0.465 e. The number of aliphatic hydroxyl groups excluding tert-OH is 1. The fourth-order valence-electron chi connectivity index (χ4n) is 2.29. The SMILES string of the molecule is COC[C@H]1OC(Oc2ccc(N)cc2)C[C@@H](O)[C@H]1OC. The van der Waals surface area contributed by atoms with E-state index in [-0.39, 0.29) is 6.10 Å². The molecule has 0 spiro atoms. The first kappa shape index (κ1) is 15.1. The molecule has 0 bridgehead atoms. The summed E-state index contributed by atoms with van der Waals surface area (Å²) in [6, 6.07) is 7.02. The second-order valence-electron chi connectivity index (χ2n) is 4.75. The molecule has 1 aliphatic heterocycles. The van der Waals surface area contributed by atoms with Gasteiger partial charge in [-0.1, -0.05) is 0 Å². The molecule has 2 rings (SSSR count). The van der Waals surface area contributed by atoms with Gasteiger partial charge in [0, 0.05) is 26.3 Å². The molecule has 1 heterocycles. The summed E-state index contributed by atoms with van der Waals surface area (Å²) in [5.74, 6) is 0.642. The Morgan fingerprint density at radius 2 is 2.00 bits per heavy atom. The third kappa shape index (κ3) is 3.61. The van der Waals surface area contributed by atoms with Gasteiger partial charge in [0.2, 0.25) is 6.29 Å². The van der Waals surface area contributed by atoms with E-state index in [9.17, 15) is 5.11 Å². The molecule has 6 nitrogen and oxygen atoms in total. The van der Waals surface area contributed by atoms with Crippen molar-refractivity contribution in [3.63, 3.8) is 0 Å². The van der Waals surface area contributed by atoms with Crippen molar-refractivity contribution in [1.82, 2.24) is 0 Å². The molecule has 1 aromatic rings. The number of rotatable bonds is 5. The van der Waals surface area contributed by atoms with Crippen LogP contribution in [0.5, 0.6) is 5.75 Å². The van der Waals surface area contributed by atoms with Crippen molar-refractivity contribution in [3.05, 3.63) is 24.3 Å². The average Bonchev–Trinajstić information content (AvgIpc) is 2.42. The van der Waals surface area contributed by atoms with Crippen LogP contribution < -0.4 is 10.5 Å². The zero-order valence-corrected chi connectivity index (χ0v) is 11.7. The second kappa shape index (κ2) is 6.90. The highest BCUT2D eigenvalue weighted by Gasteiger charge is 2.39.